The number of pyridine rings is 1. The van der Waals surface area contributed by atoms with Gasteiger partial charge in [-0.15, -0.1) is 24.8 Å². The Hall–Kier alpha value is -2.19. The van der Waals surface area contributed by atoms with Gasteiger partial charge in [0.2, 0.25) is 11.8 Å². The fourth-order valence-corrected chi connectivity index (χ4v) is 5.74. The second-order valence-corrected chi connectivity index (χ2v) is 11.1. The molecule has 0 aliphatic carbocycles. The topological polar surface area (TPSA) is 68.8 Å². The predicted octanol–water partition coefficient (Wildman–Crippen LogP) is 3.42. The largest absolute Gasteiger partial charge is 0.341 e. The van der Waals surface area contributed by atoms with Crippen LogP contribution in [-0.2, 0) is 21.4 Å². The lowest BCUT2D eigenvalue weighted by Gasteiger charge is -2.41. The first kappa shape index (κ1) is 29.4. The summed E-state index contributed by atoms with van der Waals surface area (Å²) >= 11 is 0. The van der Waals surface area contributed by atoms with Crippen molar-refractivity contribution in [3.63, 3.8) is 0 Å². The monoisotopic (exact) mass is 547 g/mol. The summed E-state index contributed by atoms with van der Waals surface area (Å²) in [5.74, 6) is 0.365. The van der Waals surface area contributed by atoms with E-state index in [1.807, 2.05) is 34.2 Å². The number of benzene rings is 1. The van der Waals surface area contributed by atoms with E-state index in [2.05, 4.69) is 49.2 Å². The van der Waals surface area contributed by atoms with Gasteiger partial charge in [0.1, 0.15) is 0 Å². The van der Waals surface area contributed by atoms with Gasteiger partial charge in [-0.3, -0.25) is 19.5 Å². The van der Waals surface area contributed by atoms with Crippen LogP contribution in [0.1, 0.15) is 50.4 Å². The fourth-order valence-electron chi connectivity index (χ4n) is 5.74. The highest BCUT2D eigenvalue weighted by Crippen LogP contribution is 2.40. The summed E-state index contributed by atoms with van der Waals surface area (Å²) in [5, 5.41) is 3.54. The van der Waals surface area contributed by atoms with Crippen LogP contribution in [0.15, 0.2) is 42.6 Å². The van der Waals surface area contributed by atoms with Crippen LogP contribution in [0.5, 0.6) is 0 Å². The van der Waals surface area contributed by atoms with E-state index in [4.69, 9.17) is 4.98 Å². The van der Waals surface area contributed by atoms with Gasteiger partial charge in [0.05, 0.1) is 12.2 Å². The predicted molar refractivity (Wildman–Crippen MR) is 152 cm³/mol. The van der Waals surface area contributed by atoms with Gasteiger partial charge in [0, 0.05) is 80.5 Å². The summed E-state index contributed by atoms with van der Waals surface area (Å²) in [6, 6.07) is 12.9. The fraction of sp³-hybridized carbons (Fsp3) is 0.536. The van der Waals surface area contributed by atoms with Gasteiger partial charge >= 0.3 is 0 Å². The molecule has 1 aromatic carbocycles. The molecule has 37 heavy (non-hydrogen) atoms. The van der Waals surface area contributed by atoms with E-state index in [0.717, 1.165) is 49.4 Å². The minimum absolute atomic E-state index is 0. The molecule has 0 bridgehead atoms. The Bertz CT molecular complexity index is 1100. The van der Waals surface area contributed by atoms with Crippen LogP contribution >= 0.6 is 24.8 Å². The number of hydrogen-bond donors (Lipinski definition) is 1. The second-order valence-electron chi connectivity index (χ2n) is 11.1. The second kappa shape index (κ2) is 12.1. The number of aromatic nitrogens is 1. The Balaban J connectivity index is 0.00000190. The Morgan fingerprint density at radius 2 is 1.95 bits per heavy atom. The molecule has 1 aromatic heterocycles. The number of rotatable bonds is 6. The molecule has 4 heterocycles. The molecule has 2 aromatic rings. The molecule has 2 amide bonds. The number of fused-ring (bicyclic) bond motifs is 1. The van der Waals surface area contributed by atoms with E-state index in [-0.39, 0.29) is 48.1 Å². The van der Waals surface area contributed by atoms with Crippen molar-refractivity contribution >= 4 is 42.3 Å². The quantitative estimate of drug-likeness (QED) is 0.600. The first-order valence-electron chi connectivity index (χ1n) is 12.9. The zero-order valence-electron chi connectivity index (χ0n) is 22.0. The number of nitrogens with one attached hydrogen (secondary N) is 1. The summed E-state index contributed by atoms with van der Waals surface area (Å²) < 4.78 is 0. The maximum absolute atomic E-state index is 13.8. The van der Waals surface area contributed by atoms with Crippen LogP contribution in [0.2, 0.25) is 0 Å². The highest BCUT2D eigenvalue weighted by atomic mass is 35.5. The number of anilines is 1. The number of piperazine rings is 1. The highest BCUT2D eigenvalue weighted by molar-refractivity contribution is 5.97. The molecular weight excluding hydrogens is 509 g/mol. The van der Waals surface area contributed by atoms with Crippen LogP contribution in [0.25, 0.3) is 0 Å². The van der Waals surface area contributed by atoms with Crippen molar-refractivity contribution in [1.82, 2.24) is 20.1 Å². The highest BCUT2D eigenvalue weighted by Gasteiger charge is 2.40. The molecule has 7 nitrogen and oxygen atoms in total. The summed E-state index contributed by atoms with van der Waals surface area (Å²) in [6.07, 6.45) is 4.30. The minimum Gasteiger partial charge on any atom is -0.341 e. The van der Waals surface area contributed by atoms with Gasteiger partial charge in [-0.05, 0) is 25.0 Å². The Labute approximate surface area is 232 Å². The number of carbonyl (C=O) groups is 2. The molecule has 0 spiro atoms. The molecule has 9 heteroatoms. The number of halogens is 2. The zero-order chi connectivity index (χ0) is 24.6. The van der Waals surface area contributed by atoms with Crippen molar-refractivity contribution in [2.75, 3.05) is 44.2 Å². The summed E-state index contributed by atoms with van der Waals surface area (Å²) in [4.78, 5) is 36.9. The minimum atomic E-state index is -0.138. The molecule has 3 aliphatic rings. The van der Waals surface area contributed by atoms with Crippen molar-refractivity contribution in [1.29, 1.82) is 0 Å². The lowest BCUT2D eigenvalue weighted by molar-refractivity contribution is -0.128. The van der Waals surface area contributed by atoms with Gasteiger partial charge in [-0.2, -0.15) is 0 Å². The van der Waals surface area contributed by atoms with Gasteiger partial charge in [-0.25, -0.2) is 0 Å². The smallest absolute Gasteiger partial charge is 0.241 e. The zero-order valence-corrected chi connectivity index (χ0v) is 23.6. The van der Waals surface area contributed by atoms with Crippen molar-refractivity contribution in [3.8, 4) is 0 Å². The number of carbonyl (C=O) groups excluding carboxylic acids is 2. The third kappa shape index (κ3) is 6.45. The van der Waals surface area contributed by atoms with E-state index in [1.165, 1.54) is 5.56 Å². The van der Waals surface area contributed by atoms with Crippen molar-refractivity contribution in [3.05, 3.63) is 59.4 Å². The standard InChI is InChI=1S/C28H37N5O2.2ClH/c1-20-16-32(23(14-29-20)17-31-11-7-10-26(31)34)18-27(35)33-19-28(2,3)24-15-30-22(13-25(24)33)12-21-8-5-4-6-9-21;;/h4-6,8-9,13,15,20,23,29H,7,10-12,14,16-19H2,1-3H3;2*1H/t20-,23-;;/m1../s1. The number of hydrogen-bond acceptors (Lipinski definition) is 5. The Morgan fingerprint density at radius 3 is 2.65 bits per heavy atom. The van der Waals surface area contributed by atoms with Crippen molar-refractivity contribution in [2.45, 2.75) is 57.5 Å². The molecule has 2 atom stereocenters. The van der Waals surface area contributed by atoms with Crippen LogP contribution in [0, 0.1) is 0 Å². The van der Waals surface area contributed by atoms with E-state index in [1.54, 1.807) is 0 Å². The molecule has 3 aliphatic heterocycles. The number of likely N-dealkylation sites (tertiary alicyclic amines) is 1. The molecule has 5 rings (SSSR count). The average Bonchev–Trinajstić information content (AvgIpc) is 3.35. The molecule has 2 saturated heterocycles. The molecule has 2 fully saturated rings. The van der Waals surface area contributed by atoms with Gasteiger partial charge in [0.15, 0.2) is 0 Å². The summed E-state index contributed by atoms with van der Waals surface area (Å²) in [7, 11) is 0. The van der Waals surface area contributed by atoms with Gasteiger partial charge in [0.25, 0.3) is 0 Å². The van der Waals surface area contributed by atoms with Crippen molar-refractivity contribution in [2.24, 2.45) is 0 Å². The maximum Gasteiger partial charge on any atom is 0.241 e. The van der Waals surface area contributed by atoms with Crippen LogP contribution in [0.3, 0.4) is 0 Å². The van der Waals surface area contributed by atoms with Crippen LogP contribution in [-0.4, -0.2) is 78.0 Å². The van der Waals surface area contributed by atoms with E-state index >= 15 is 0 Å². The molecule has 1 N–H and O–H groups in total. The number of nitrogens with zero attached hydrogens (tertiary/aromatic N) is 4. The molecule has 0 saturated carbocycles. The lowest BCUT2D eigenvalue weighted by Crippen LogP contribution is -2.60. The van der Waals surface area contributed by atoms with E-state index in [9.17, 15) is 9.59 Å². The van der Waals surface area contributed by atoms with Gasteiger partial charge in [-0.1, -0.05) is 44.2 Å². The summed E-state index contributed by atoms with van der Waals surface area (Å²) in [5.41, 5.74) is 4.18. The Morgan fingerprint density at radius 1 is 1.19 bits per heavy atom. The van der Waals surface area contributed by atoms with Crippen molar-refractivity contribution < 1.29 is 9.59 Å². The van der Waals surface area contributed by atoms with Crippen LogP contribution < -0.4 is 10.2 Å². The maximum atomic E-state index is 13.8. The third-order valence-electron chi connectivity index (χ3n) is 7.71. The van der Waals surface area contributed by atoms with E-state index < -0.39 is 0 Å². The first-order valence-corrected chi connectivity index (χ1v) is 12.9. The van der Waals surface area contributed by atoms with E-state index in [0.29, 0.717) is 32.1 Å². The number of amides is 2. The molecule has 0 unspecified atom stereocenters. The average molecular weight is 549 g/mol. The lowest BCUT2D eigenvalue weighted by atomic mass is 9.88. The molecule has 202 valence electrons. The molecular formula is C28H39Cl2N5O2. The SMILES string of the molecule is C[C@@H]1CN(CC(=O)N2CC(C)(C)c3cnc(Cc4ccccc4)cc32)[C@@H](CN2CCCC2=O)CN1.Cl.Cl. The Kier molecular flexibility index (Phi) is 9.62. The molecule has 0 radical (unpaired) electrons. The van der Waals surface area contributed by atoms with Crippen LogP contribution in [0.4, 0.5) is 5.69 Å². The van der Waals surface area contributed by atoms with Gasteiger partial charge < -0.3 is 15.1 Å². The summed E-state index contributed by atoms with van der Waals surface area (Å²) in [6.45, 7) is 10.7. The third-order valence-corrected chi connectivity index (χ3v) is 7.71. The normalized spacial score (nSPS) is 22.8. The first-order chi connectivity index (χ1) is 16.8.